The lowest BCUT2D eigenvalue weighted by molar-refractivity contribution is -0.151. The van der Waals surface area contributed by atoms with Crippen molar-refractivity contribution >= 4 is 23.2 Å². The fourth-order valence-corrected chi connectivity index (χ4v) is 4.51. The first kappa shape index (κ1) is 22.6. The number of carbonyl (C=O) groups is 2. The van der Waals surface area contributed by atoms with Crippen LogP contribution in [0.3, 0.4) is 0 Å². The molecule has 1 aliphatic heterocycles. The third-order valence-electron chi connectivity index (χ3n) is 6.18. The zero-order valence-corrected chi connectivity index (χ0v) is 17.9. The number of aliphatic hydroxyl groups excluding tert-OH is 2. The van der Waals surface area contributed by atoms with E-state index in [4.69, 9.17) is 15.2 Å². The molecule has 4 atom stereocenters. The van der Waals surface area contributed by atoms with Crippen LogP contribution in [0.1, 0.15) is 57.2 Å². The Kier molecular flexibility index (Phi) is 6.42. The molecule has 1 aliphatic carbocycles. The van der Waals surface area contributed by atoms with Crippen LogP contribution in [-0.2, 0) is 19.1 Å². The van der Waals surface area contributed by atoms with Crippen LogP contribution in [0.2, 0.25) is 0 Å². The lowest BCUT2D eigenvalue weighted by Crippen LogP contribution is -2.44. The first-order valence-electron chi connectivity index (χ1n) is 10.8. The molecule has 0 unspecified atom stereocenters. The largest absolute Gasteiger partial charge is 0.463 e. The molecule has 0 radical (unpaired) electrons. The number of hydrogen-bond acceptors (Lipinski definition) is 9. The van der Waals surface area contributed by atoms with Gasteiger partial charge in [0.15, 0.2) is 5.82 Å². The number of esters is 1. The Balaban J connectivity index is 1.42. The molecule has 32 heavy (non-hydrogen) atoms. The molecule has 2 aromatic heterocycles. The number of nitrogens with one attached hydrogen (secondary N) is 1. The predicted molar refractivity (Wildman–Crippen MR) is 112 cm³/mol. The van der Waals surface area contributed by atoms with Gasteiger partial charge in [0, 0.05) is 12.5 Å². The van der Waals surface area contributed by atoms with Gasteiger partial charge in [-0.05, 0) is 25.0 Å². The van der Waals surface area contributed by atoms with E-state index in [-0.39, 0.29) is 18.9 Å². The summed E-state index contributed by atoms with van der Waals surface area (Å²) in [5, 5.41) is 27.8. The van der Waals surface area contributed by atoms with Gasteiger partial charge in [-0.25, -0.2) is 9.50 Å². The molecule has 2 aromatic rings. The van der Waals surface area contributed by atoms with Crippen molar-refractivity contribution in [2.75, 3.05) is 11.9 Å². The number of nitrogens with two attached hydrogens (primary N) is 1. The summed E-state index contributed by atoms with van der Waals surface area (Å²) in [6, 6.07) is 3.35. The van der Waals surface area contributed by atoms with Crippen LogP contribution in [0.25, 0.3) is 5.52 Å². The Morgan fingerprint density at radius 3 is 2.75 bits per heavy atom. The highest BCUT2D eigenvalue weighted by Gasteiger charge is 2.45. The predicted octanol–water partition coefficient (Wildman–Crippen LogP) is 0.444. The zero-order chi connectivity index (χ0) is 22.9. The van der Waals surface area contributed by atoms with E-state index in [9.17, 15) is 19.8 Å². The summed E-state index contributed by atoms with van der Waals surface area (Å²) < 4.78 is 12.7. The van der Waals surface area contributed by atoms with Gasteiger partial charge in [-0.15, -0.1) is 0 Å². The summed E-state index contributed by atoms with van der Waals surface area (Å²) in [5.74, 6) is -0.407. The topological polar surface area (TPSA) is 161 Å². The molecule has 2 fully saturated rings. The van der Waals surface area contributed by atoms with Crippen molar-refractivity contribution < 1.29 is 29.3 Å². The lowest BCUT2D eigenvalue weighted by Gasteiger charge is -2.32. The number of carbonyl (C=O) groups excluding carboxylic acids is 2. The zero-order valence-electron chi connectivity index (χ0n) is 17.9. The van der Waals surface area contributed by atoms with Crippen LogP contribution in [0.15, 0.2) is 18.5 Å². The van der Waals surface area contributed by atoms with Crippen molar-refractivity contribution in [1.29, 1.82) is 0 Å². The third-order valence-corrected chi connectivity index (χ3v) is 6.18. The van der Waals surface area contributed by atoms with Gasteiger partial charge in [0.1, 0.15) is 42.9 Å². The number of ether oxygens (including phenoxy) is 2. The van der Waals surface area contributed by atoms with Crippen molar-refractivity contribution in [3.63, 3.8) is 0 Å². The molecular weight excluding hydrogens is 418 g/mol. The smallest absolute Gasteiger partial charge is 0.307 e. The molecule has 2 aliphatic rings. The van der Waals surface area contributed by atoms with Gasteiger partial charge in [-0.3, -0.25) is 9.59 Å². The maximum absolute atomic E-state index is 12.3. The average molecular weight is 447 g/mol. The van der Waals surface area contributed by atoms with Crippen LogP contribution in [0.5, 0.6) is 0 Å². The number of aliphatic hydroxyl groups is 2. The normalized spacial score (nSPS) is 27.4. The van der Waals surface area contributed by atoms with Gasteiger partial charge >= 0.3 is 5.97 Å². The molecule has 1 amide bonds. The Hall–Kier alpha value is -2.60. The molecule has 1 saturated heterocycles. The van der Waals surface area contributed by atoms with E-state index < -0.39 is 35.9 Å². The standard InChI is InChI=1S/C21H29N5O6/c1-12(27)25-20-14-6-5-13(26(14)24-11-23-20)19-18(30)17(29)15(32-19)10-31-16(28)9-21(22)7-3-2-4-8-21/h5-6,11,15,17-19,29-30H,2-4,7-10,22H2,1H3,(H,23,24,25,27)/t15-,17-,18-,19+/m1/s1. The molecule has 11 heteroatoms. The number of aromatic nitrogens is 3. The van der Waals surface area contributed by atoms with Gasteiger partial charge in [0.2, 0.25) is 5.91 Å². The van der Waals surface area contributed by atoms with E-state index in [1.54, 1.807) is 12.1 Å². The minimum Gasteiger partial charge on any atom is -0.463 e. The first-order valence-corrected chi connectivity index (χ1v) is 10.8. The molecule has 5 N–H and O–H groups in total. The monoisotopic (exact) mass is 447 g/mol. The molecule has 1 saturated carbocycles. The highest BCUT2D eigenvalue weighted by molar-refractivity contribution is 5.91. The van der Waals surface area contributed by atoms with Crippen molar-refractivity contribution in [2.45, 2.75) is 75.4 Å². The van der Waals surface area contributed by atoms with Crippen molar-refractivity contribution in [1.82, 2.24) is 14.6 Å². The molecule has 3 heterocycles. The van der Waals surface area contributed by atoms with Gasteiger partial charge in [0.05, 0.1) is 12.1 Å². The van der Waals surface area contributed by atoms with Gasteiger partial charge in [0.25, 0.3) is 0 Å². The maximum Gasteiger partial charge on any atom is 0.307 e. The second kappa shape index (κ2) is 9.10. The number of amides is 1. The molecule has 0 aromatic carbocycles. The molecular formula is C21H29N5O6. The summed E-state index contributed by atoms with van der Waals surface area (Å²) in [6.45, 7) is 1.17. The van der Waals surface area contributed by atoms with Gasteiger partial charge in [-0.1, -0.05) is 19.3 Å². The minimum absolute atomic E-state index is 0.119. The number of rotatable bonds is 6. The summed E-state index contributed by atoms with van der Waals surface area (Å²) in [4.78, 5) is 27.8. The quantitative estimate of drug-likeness (QED) is 0.461. The van der Waals surface area contributed by atoms with Gasteiger partial charge in [-0.2, -0.15) is 5.10 Å². The molecule has 4 rings (SSSR count). The second-order valence-corrected chi connectivity index (χ2v) is 8.70. The van der Waals surface area contributed by atoms with Crippen molar-refractivity contribution in [2.24, 2.45) is 5.73 Å². The van der Waals surface area contributed by atoms with Crippen LogP contribution in [0.4, 0.5) is 5.82 Å². The van der Waals surface area contributed by atoms with Crippen molar-refractivity contribution in [3.8, 4) is 0 Å². The van der Waals surface area contributed by atoms with E-state index >= 15 is 0 Å². The van der Waals surface area contributed by atoms with E-state index in [1.165, 1.54) is 17.8 Å². The molecule has 174 valence electrons. The number of anilines is 1. The number of fused-ring (bicyclic) bond motifs is 1. The van der Waals surface area contributed by atoms with E-state index in [1.807, 2.05) is 0 Å². The fraction of sp³-hybridized carbons (Fsp3) is 0.619. The van der Waals surface area contributed by atoms with Gasteiger partial charge < -0.3 is 30.7 Å². The fourth-order valence-electron chi connectivity index (χ4n) is 4.51. The summed E-state index contributed by atoms with van der Waals surface area (Å²) >= 11 is 0. The SMILES string of the molecule is CC(=O)Nc1ncnn2c([C@@H]3O[C@H](COC(=O)CC4(N)CCCCC4)[C@@H](O)[C@H]3O)ccc12. The average Bonchev–Trinajstić information content (AvgIpc) is 3.29. The second-order valence-electron chi connectivity index (χ2n) is 8.70. The first-order chi connectivity index (χ1) is 15.3. The van der Waals surface area contributed by atoms with Crippen LogP contribution >= 0.6 is 0 Å². The van der Waals surface area contributed by atoms with E-state index in [0.29, 0.717) is 17.0 Å². The Morgan fingerprint density at radius 2 is 2.03 bits per heavy atom. The van der Waals surface area contributed by atoms with Crippen LogP contribution in [0, 0.1) is 0 Å². The van der Waals surface area contributed by atoms with E-state index in [0.717, 1.165) is 32.1 Å². The highest BCUT2D eigenvalue weighted by Crippen LogP contribution is 2.35. The van der Waals surface area contributed by atoms with Crippen LogP contribution < -0.4 is 11.1 Å². The summed E-state index contributed by atoms with van der Waals surface area (Å²) in [6.07, 6.45) is 1.77. The summed E-state index contributed by atoms with van der Waals surface area (Å²) in [7, 11) is 0. The lowest BCUT2D eigenvalue weighted by atomic mass is 9.80. The molecule has 0 bridgehead atoms. The third kappa shape index (κ3) is 4.60. The summed E-state index contributed by atoms with van der Waals surface area (Å²) in [5.41, 5.74) is 6.76. The maximum atomic E-state index is 12.3. The Labute approximate surface area is 184 Å². The minimum atomic E-state index is -1.25. The molecule has 0 spiro atoms. The van der Waals surface area contributed by atoms with Crippen LogP contribution in [-0.4, -0.2) is 67.1 Å². The Morgan fingerprint density at radius 1 is 1.28 bits per heavy atom. The molecule has 11 nitrogen and oxygen atoms in total. The highest BCUT2D eigenvalue weighted by atomic mass is 16.6. The number of hydrogen-bond donors (Lipinski definition) is 4. The number of nitrogens with zero attached hydrogens (tertiary/aromatic N) is 3. The Bertz CT molecular complexity index is 988. The van der Waals surface area contributed by atoms with Crippen molar-refractivity contribution in [3.05, 3.63) is 24.2 Å². The van der Waals surface area contributed by atoms with E-state index in [2.05, 4.69) is 15.4 Å².